The Bertz CT molecular complexity index is 299. The van der Waals surface area contributed by atoms with Gasteiger partial charge in [-0.1, -0.05) is 12.8 Å². The monoisotopic (exact) mass is 207 g/mol. The number of hydrogen-bond donors (Lipinski definition) is 1. The SMILES string of the molecule is Cc1ccoc1CNC(C)C1CCCC1. The van der Waals surface area contributed by atoms with E-state index in [0.29, 0.717) is 6.04 Å². The molecule has 1 unspecified atom stereocenters. The molecule has 1 aromatic heterocycles. The van der Waals surface area contributed by atoms with Crippen LogP contribution >= 0.6 is 0 Å². The zero-order valence-corrected chi connectivity index (χ0v) is 9.75. The maximum absolute atomic E-state index is 5.41. The van der Waals surface area contributed by atoms with Crippen molar-refractivity contribution < 1.29 is 4.42 Å². The molecule has 84 valence electrons. The molecule has 1 atom stereocenters. The van der Waals surface area contributed by atoms with Crippen molar-refractivity contribution in [2.45, 2.75) is 52.1 Å². The summed E-state index contributed by atoms with van der Waals surface area (Å²) in [5.41, 5.74) is 1.25. The van der Waals surface area contributed by atoms with Crippen molar-refractivity contribution in [2.75, 3.05) is 0 Å². The fraction of sp³-hybridized carbons (Fsp3) is 0.692. The van der Waals surface area contributed by atoms with Crippen LogP contribution < -0.4 is 5.32 Å². The first-order chi connectivity index (χ1) is 7.27. The Morgan fingerprint density at radius 1 is 1.47 bits per heavy atom. The highest BCUT2D eigenvalue weighted by molar-refractivity contribution is 5.14. The van der Waals surface area contributed by atoms with Crippen molar-refractivity contribution in [1.82, 2.24) is 5.32 Å². The van der Waals surface area contributed by atoms with Gasteiger partial charge in [0.05, 0.1) is 12.8 Å². The van der Waals surface area contributed by atoms with E-state index in [1.54, 1.807) is 6.26 Å². The van der Waals surface area contributed by atoms with Crippen molar-refractivity contribution in [3.05, 3.63) is 23.7 Å². The van der Waals surface area contributed by atoms with E-state index >= 15 is 0 Å². The maximum atomic E-state index is 5.41. The molecule has 15 heavy (non-hydrogen) atoms. The molecule has 2 heteroatoms. The molecule has 1 saturated carbocycles. The van der Waals surface area contributed by atoms with E-state index in [2.05, 4.69) is 19.2 Å². The molecular weight excluding hydrogens is 186 g/mol. The number of hydrogen-bond acceptors (Lipinski definition) is 2. The predicted molar refractivity (Wildman–Crippen MR) is 61.7 cm³/mol. The molecule has 1 fully saturated rings. The van der Waals surface area contributed by atoms with Gasteiger partial charge in [-0.3, -0.25) is 0 Å². The molecule has 0 radical (unpaired) electrons. The van der Waals surface area contributed by atoms with Crippen LogP contribution in [0.25, 0.3) is 0 Å². The third-order valence-corrected chi connectivity index (χ3v) is 3.66. The quantitative estimate of drug-likeness (QED) is 0.819. The number of rotatable bonds is 4. The fourth-order valence-electron chi connectivity index (χ4n) is 2.46. The first kappa shape index (κ1) is 10.7. The van der Waals surface area contributed by atoms with E-state index < -0.39 is 0 Å². The van der Waals surface area contributed by atoms with Gasteiger partial charge in [-0.25, -0.2) is 0 Å². The van der Waals surface area contributed by atoms with Crippen molar-refractivity contribution in [3.8, 4) is 0 Å². The normalized spacial score (nSPS) is 19.6. The van der Waals surface area contributed by atoms with Crippen molar-refractivity contribution in [3.63, 3.8) is 0 Å². The van der Waals surface area contributed by atoms with Crippen LogP contribution in [0.4, 0.5) is 0 Å². The van der Waals surface area contributed by atoms with E-state index in [1.165, 1.54) is 31.2 Å². The second-order valence-electron chi connectivity index (χ2n) is 4.74. The molecule has 2 rings (SSSR count). The summed E-state index contributed by atoms with van der Waals surface area (Å²) in [5, 5.41) is 3.57. The summed E-state index contributed by atoms with van der Waals surface area (Å²) in [6.45, 7) is 5.27. The summed E-state index contributed by atoms with van der Waals surface area (Å²) < 4.78 is 5.41. The van der Waals surface area contributed by atoms with E-state index in [1.807, 2.05) is 6.07 Å². The lowest BCUT2D eigenvalue weighted by Crippen LogP contribution is -2.31. The summed E-state index contributed by atoms with van der Waals surface area (Å²) in [6, 6.07) is 2.65. The molecule has 0 spiro atoms. The minimum Gasteiger partial charge on any atom is -0.468 e. The molecule has 0 aromatic carbocycles. The lowest BCUT2D eigenvalue weighted by molar-refractivity contribution is 0.362. The van der Waals surface area contributed by atoms with Crippen LogP contribution in [-0.2, 0) is 6.54 Å². The van der Waals surface area contributed by atoms with E-state index in [0.717, 1.165) is 18.2 Å². The van der Waals surface area contributed by atoms with Crippen LogP contribution in [0.15, 0.2) is 16.7 Å². The average Bonchev–Trinajstić information content (AvgIpc) is 2.85. The van der Waals surface area contributed by atoms with E-state index in [4.69, 9.17) is 4.42 Å². The maximum Gasteiger partial charge on any atom is 0.120 e. The Kier molecular flexibility index (Phi) is 3.47. The van der Waals surface area contributed by atoms with E-state index in [-0.39, 0.29) is 0 Å². The van der Waals surface area contributed by atoms with Crippen molar-refractivity contribution in [2.24, 2.45) is 5.92 Å². The molecule has 0 bridgehead atoms. The summed E-state index contributed by atoms with van der Waals surface area (Å²) in [7, 11) is 0. The third kappa shape index (κ3) is 2.63. The Morgan fingerprint density at radius 2 is 2.20 bits per heavy atom. The number of furan rings is 1. The van der Waals surface area contributed by atoms with Gasteiger partial charge in [-0.05, 0) is 44.2 Å². The van der Waals surface area contributed by atoms with Gasteiger partial charge in [0.2, 0.25) is 0 Å². The van der Waals surface area contributed by atoms with Crippen LogP contribution in [0.2, 0.25) is 0 Å². The van der Waals surface area contributed by atoms with Gasteiger partial charge in [0.25, 0.3) is 0 Å². The van der Waals surface area contributed by atoms with Crippen LogP contribution in [-0.4, -0.2) is 6.04 Å². The van der Waals surface area contributed by atoms with Crippen molar-refractivity contribution >= 4 is 0 Å². The standard InChI is InChI=1S/C13H21NO/c1-10-7-8-15-13(10)9-14-11(2)12-5-3-4-6-12/h7-8,11-12,14H,3-6,9H2,1-2H3. The second-order valence-corrected chi connectivity index (χ2v) is 4.74. The first-order valence-electron chi connectivity index (χ1n) is 6.03. The summed E-state index contributed by atoms with van der Waals surface area (Å²) in [6.07, 6.45) is 7.39. The molecule has 1 aromatic rings. The highest BCUT2D eigenvalue weighted by Crippen LogP contribution is 2.27. The van der Waals surface area contributed by atoms with Crippen LogP contribution in [0, 0.1) is 12.8 Å². The average molecular weight is 207 g/mol. The smallest absolute Gasteiger partial charge is 0.120 e. The Labute approximate surface area is 92.1 Å². The lowest BCUT2D eigenvalue weighted by Gasteiger charge is -2.19. The predicted octanol–water partition coefficient (Wildman–Crippen LogP) is 3.26. The van der Waals surface area contributed by atoms with E-state index in [9.17, 15) is 0 Å². The van der Waals surface area contributed by atoms with Gasteiger partial charge in [-0.2, -0.15) is 0 Å². The molecule has 0 aliphatic heterocycles. The van der Waals surface area contributed by atoms with Crippen molar-refractivity contribution in [1.29, 1.82) is 0 Å². The Morgan fingerprint density at radius 3 is 2.80 bits per heavy atom. The third-order valence-electron chi connectivity index (χ3n) is 3.66. The van der Waals surface area contributed by atoms with Crippen LogP contribution in [0.3, 0.4) is 0 Å². The molecular formula is C13H21NO. The summed E-state index contributed by atoms with van der Waals surface area (Å²) in [5.74, 6) is 1.96. The number of aryl methyl sites for hydroxylation is 1. The summed E-state index contributed by atoms with van der Waals surface area (Å²) >= 11 is 0. The highest BCUT2D eigenvalue weighted by atomic mass is 16.3. The van der Waals surface area contributed by atoms with Gasteiger partial charge >= 0.3 is 0 Å². The van der Waals surface area contributed by atoms with Gasteiger partial charge in [0.15, 0.2) is 0 Å². The van der Waals surface area contributed by atoms with Gasteiger partial charge in [0.1, 0.15) is 5.76 Å². The molecule has 1 heterocycles. The molecule has 1 aliphatic carbocycles. The number of nitrogens with one attached hydrogen (secondary N) is 1. The Balaban J connectivity index is 1.80. The lowest BCUT2D eigenvalue weighted by atomic mass is 10.00. The van der Waals surface area contributed by atoms with Gasteiger partial charge in [-0.15, -0.1) is 0 Å². The Hall–Kier alpha value is -0.760. The molecule has 2 nitrogen and oxygen atoms in total. The molecule has 0 amide bonds. The summed E-state index contributed by atoms with van der Waals surface area (Å²) in [4.78, 5) is 0. The zero-order valence-electron chi connectivity index (χ0n) is 9.75. The fourth-order valence-corrected chi connectivity index (χ4v) is 2.46. The zero-order chi connectivity index (χ0) is 10.7. The topological polar surface area (TPSA) is 25.2 Å². The molecule has 1 N–H and O–H groups in total. The second kappa shape index (κ2) is 4.84. The first-order valence-corrected chi connectivity index (χ1v) is 6.03. The largest absolute Gasteiger partial charge is 0.468 e. The van der Waals surface area contributed by atoms with Gasteiger partial charge < -0.3 is 9.73 Å². The van der Waals surface area contributed by atoms with Crippen LogP contribution in [0.1, 0.15) is 43.9 Å². The minimum atomic E-state index is 0.622. The molecule has 1 aliphatic rings. The highest BCUT2D eigenvalue weighted by Gasteiger charge is 2.21. The van der Waals surface area contributed by atoms with Gasteiger partial charge in [0, 0.05) is 6.04 Å². The van der Waals surface area contributed by atoms with Crippen LogP contribution in [0.5, 0.6) is 0 Å². The minimum absolute atomic E-state index is 0.622. The molecule has 0 saturated heterocycles.